The van der Waals surface area contributed by atoms with E-state index in [1.165, 1.54) is 18.4 Å². The minimum atomic E-state index is -1.02. The highest BCUT2D eigenvalue weighted by molar-refractivity contribution is 7.13. The van der Waals surface area contributed by atoms with Crippen LogP contribution in [0.3, 0.4) is 0 Å². The van der Waals surface area contributed by atoms with Gasteiger partial charge in [0.2, 0.25) is 0 Å². The second-order valence-electron chi connectivity index (χ2n) is 5.15. The zero-order valence-corrected chi connectivity index (χ0v) is 13.5. The topological polar surface area (TPSA) is 114 Å². The smallest absolute Gasteiger partial charge is 0.305 e. The fourth-order valence-corrected chi connectivity index (χ4v) is 2.79. The predicted octanol–water partition coefficient (Wildman–Crippen LogP) is 1.21. The van der Waals surface area contributed by atoms with Crippen molar-refractivity contribution in [1.29, 1.82) is 0 Å². The molecule has 9 heteroatoms. The van der Waals surface area contributed by atoms with Gasteiger partial charge >= 0.3 is 5.97 Å². The van der Waals surface area contributed by atoms with Gasteiger partial charge in [0.1, 0.15) is 16.4 Å². The van der Waals surface area contributed by atoms with Crippen molar-refractivity contribution >= 4 is 23.2 Å². The molecule has 2 N–H and O–H groups in total. The Bertz CT molecular complexity index is 691. The first-order valence-corrected chi connectivity index (χ1v) is 7.57. The van der Waals surface area contributed by atoms with E-state index in [4.69, 9.17) is 9.84 Å². The van der Waals surface area contributed by atoms with Crippen LogP contribution in [0.2, 0.25) is 0 Å². The zero-order valence-electron chi connectivity index (χ0n) is 12.6. The van der Waals surface area contributed by atoms with Gasteiger partial charge in [-0.05, 0) is 6.92 Å². The van der Waals surface area contributed by atoms with Gasteiger partial charge in [-0.3, -0.25) is 19.6 Å². The normalized spacial score (nSPS) is 13.3. The molecule has 23 heavy (non-hydrogen) atoms. The van der Waals surface area contributed by atoms with E-state index in [0.717, 1.165) is 0 Å². The van der Waals surface area contributed by atoms with Crippen LogP contribution in [0, 0.1) is 0 Å². The fourth-order valence-electron chi connectivity index (χ4n) is 2.03. The van der Waals surface area contributed by atoms with Crippen molar-refractivity contribution in [3.05, 3.63) is 29.7 Å². The molecule has 2 rings (SSSR count). The number of aromatic nitrogens is 3. The number of nitrogens with zero attached hydrogens (tertiary/aromatic N) is 3. The van der Waals surface area contributed by atoms with Crippen molar-refractivity contribution in [3.63, 3.8) is 0 Å². The molecular weight excluding hydrogens is 320 g/mol. The zero-order chi connectivity index (χ0) is 16.9. The predicted molar refractivity (Wildman–Crippen MR) is 83.1 cm³/mol. The van der Waals surface area contributed by atoms with Gasteiger partial charge in [-0.25, -0.2) is 4.98 Å². The Morgan fingerprint density at radius 1 is 1.43 bits per heavy atom. The number of hydrogen-bond acceptors (Lipinski definition) is 7. The lowest BCUT2D eigenvalue weighted by molar-refractivity contribution is -0.139. The van der Waals surface area contributed by atoms with Crippen molar-refractivity contribution in [3.8, 4) is 10.7 Å². The molecule has 2 heterocycles. The Hall–Kier alpha value is -2.39. The number of carboxylic acids is 1. The summed E-state index contributed by atoms with van der Waals surface area (Å²) in [6.45, 7) is 1.69. The maximum absolute atomic E-state index is 12.3. The second kappa shape index (κ2) is 7.25. The van der Waals surface area contributed by atoms with E-state index in [9.17, 15) is 9.59 Å². The van der Waals surface area contributed by atoms with Gasteiger partial charge in [-0.1, -0.05) is 0 Å². The average Bonchev–Trinajstić information content (AvgIpc) is 2.97. The van der Waals surface area contributed by atoms with E-state index in [0.29, 0.717) is 10.7 Å². The highest BCUT2D eigenvalue weighted by Crippen LogP contribution is 2.21. The van der Waals surface area contributed by atoms with Crippen molar-refractivity contribution in [2.45, 2.75) is 18.9 Å². The monoisotopic (exact) mass is 336 g/mol. The van der Waals surface area contributed by atoms with Crippen LogP contribution in [0.4, 0.5) is 0 Å². The maximum atomic E-state index is 12.3. The van der Waals surface area contributed by atoms with Gasteiger partial charge in [0.15, 0.2) is 0 Å². The van der Waals surface area contributed by atoms with Crippen molar-refractivity contribution < 1.29 is 19.4 Å². The molecule has 0 aliphatic rings. The first kappa shape index (κ1) is 17.0. The molecule has 0 aliphatic heterocycles. The summed E-state index contributed by atoms with van der Waals surface area (Å²) in [6, 6.07) is 0. The number of methoxy groups -OCH3 is 1. The summed E-state index contributed by atoms with van der Waals surface area (Å²) in [5.74, 6) is -1.49. The van der Waals surface area contributed by atoms with Crippen molar-refractivity contribution in [1.82, 2.24) is 20.3 Å². The Morgan fingerprint density at radius 2 is 2.22 bits per heavy atom. The van der Waals surface area contributed by atoms with Crippen LogP contribution >= 0.6 is 11.3 Å². The van der Waals surface area contributed by atoms with Crippen LogP contribution in [0.15, 0.2) is 24.0 Å². The Morgan fingerprint density at radius 3 is 2.83 bits per heavy atom. The first-order chi connectivity index (χ1) is 10.9. The number of hydrogen-bond donors (Lipinski definition) is 2. The summed E-state index contributed by atoms with van der Waals surface area (Å²) in [4.78, 5) is 35.6. The molecule has 0 saturated carbocycles. The fraction of sp³-hybridized carbons (Fsp3) is 0.357. The molecule has 0 bridgehead atoms. The molecule has 0 radical (unpaired) electrons. The number of carbonyl (C=O) groups is 2. The van der Waals surface area contributed by atoms with E-state index in [1.54, 1.807) is 30.9 Å². The lowest BCUT2D eigenvalue weighted by Crippen LogP contribution is -2.50. The van der Waals surface area contributed by atoms with E-state index < -0.39 is 17.4 Å². The molecular formula is C14H16N4O4S. The highest BCUT2D eigenvalue weighted by Gasteiger charge is 2.30. The van der Waals surface area contributed by atoms with Crippen LogP contribution < -0.4 is 5.32 Å². The molecule has 0 aliphatic carbocycles. The Labute approximate surface area is 136 Å². The molecule has 0 fully saturated rings. The molecule has 1 unspecified atom stereocenters. The van der Waals surface area contributed by atoms with Gasteiger partial charge < -0.3 is 15.2 Å². The van der Waals surface area contributed by atoms with Gasteiger partial charge in [-0.2, -0.15) is 0 Å². The first-order valence-electron chi connectivity index (χ1n) is 6.69. The Kier molecular flexibility index (Phi) is 5.35. The van der Waals surface area contributed by atoms with Crippen LogP contribution in [0.25, 0.3) is 10.7 Å². The molecule has 1 atom stereocenters. The number of carbonyl (C=O) groups excluding carboxylic acids is 1. The molecule has 0 aromatic carbocycles. The Balaban J connectivity index is 2.14. The largest absolute Gasteiger partial charge is 0.481 e. The summed E-state index contributed by atoms with van der Waals surface area (Å²) in [6.07, 6.45) is 4.39. The number of carboxylic acid groups (broad SMARTS) is 1. The molecule has 2 aromatic rings. The summed E-state index contributed by atoms with van der Waals surface area (Å²) in [5, 5.41) is 13.8. The van der Waals surface area contributed by atoms with Crippen molar-refractivity contribution in [2.75, 3.05) is 13.7 Å². The minimum Gasteiger partial charge on any atom is -0.481 e. The van der Waals surface area contributed by atoms with E-state index in [2.05, 4.69) is 20.3 Å². The average molecular weight is 336 g/mol. The number of amides is 1. The minimum absolute atomic E-state index is 0.0756. The number of rotatable bonds is 7. The molecule has 0 spiro atoms. The van der Waals surface area contributed by atoms with E-state index >= 15 is 0 Å². The molecule has 0 saturated heterocycles. The molecule has 122 valence electrons. The summed E-state index contributed by atoms with van der Waals surface area (Å²) < 4.78 is 5.01. The second-order valence-corrected chi connectivity index (χ2v) is 6.00. The number of ether oxygens (including phenoxy) is 1. The third-order valence-corrected chi connectivity index (χ3v) is 3.80. The summed E-state index contributed by atoms with van der Waals surface area (Å²) in [7, 11) is 1.45. The van der Waals surface area contributed by atoms with Crippen LogP contribution in [0.1, 0.15) is 23.8 Å². The summed E-state index contributed by atoms with van der Waals surface area (Å²) in [5.41, 5.74) is -0.251. The number of nitrogens with one attached hydrogen (secondary N) is 1. The van der Waals surface area contributed by atoms with Gasteiger partial charge in [0.05, 0.1) is 24.8 Å². The maximum Gasteiger partial charge on any atom is 0.305 e. The number of aliphatic carboxylic acids is 1. The van der Waals surface area contributed by atoms with Crippen LogP contribution in [-0.4, -0.2) is 51.2 Å². The quantitative estimate of drug-likeness (QED) is 0.781. The standard InChI is InChI=1S/C14H16N4O4S/c1-14(8-22-2,5-11(19)20)18-12(21)10-7-23-13(17-10)9-6-15-3-4-16-9/h3-4,6-7H,5,8H2,1-2H3,(H,18,21)(H,19,20). The lowest BCUT2D eigenvalue weighted by Gasteiger charge is -2.28. The molecule has 8 nitrogen and oxygen atoms in total. The highest BCUT2D eigenvalue weighted by atomic mass is 32.1. The third kappa shape index (κ3) is 4.54. The van der Waals surface area contributed by atoms with Crippen LogP contribution in [-0.2, 0) is 9.53 Å². The molecule has 1 amide bonds. The molecule has 2 aromatic heterocycles. The number of thiazole rings is 1. The summed E-state index contributed by atoms with van der Waals surface area (Å²) >= 11 is 1.26. The third-order valence-electron chi connectivity index (χ3n) is 2.94. The van der Waals surface area contributed by atoms with Gasteiger partial charge in [-0.15, -0.1) is 11.3 Å². The van der Waals surface area contributed by atoms with Crippen LogP contribution in [0.5, 0.6) is 0 Å². The van der Waals surface area contributed by atoms with Gasteiger partial charge in [0.25, 0.3) is 5.91 Å². The van der Waals surface area contributed by atoms with E-state index in [1.807, 2.05) is 0 Å². The van der Waals surface area contributed by atoms with E-state index in [-0.39, 0.29) is 18.7 Å². The SMILES string of the molecule is COCC(C)(CC(=O)O)NC(=O)c1csc(-c2cnccn2)n1. The van der Waals surface area contributed by atoms with Gasteiger partial charge in [0, 0.05) is 24.9 Å². The van der Waals surface area contributed by atoms with Crippen molar-refractivity contribution in [2.24, 2.45) is 0 Å². The lowest BCUT2D eigenvalue weighted by atomic mass is 9.99.